The van der Waals surface area contributed by atoms with E-state index in [0.29, 0.717) is 12.8 Å². The minimum absolute atomic E-state index is 0.0120. The van der Waals surface area contributed by atoms with Gasteiger partial charge in [0.25, 0.3) is 10.1 Å². The third-order valence-electron chi connectivity index (χ3n) is 2.53. The van der Waals surface area contributed by atoms with Gasteiger partial charge in [0.05, 0.1) is 6.10 Å². The first kappa shape index (κ1) is 10.9. The zero-order valence-electron chi connectivity index (χ0n) is 7.43. The topological polar surface area (TPSA) is 83.8 Å². The second-order valence-corrected chi connectivity index (χ2v) is 5.07. The zero-order chi connectivity index (χ0) is 10.1. The van der Waals surface area contributed by atoms with E-state index < -0.39 is 15.1 Å². The lowest BCUT2D eigenvalue weighted by Crippen LogP contribution is -2.43. The molecule has 0 aliphatic heterocycles. The first-order chi connectivity index (χ1) is 5.89. The molecule has 0 atom stereocenters. The monoisotopic (exact) mass is 210 g/mol. The summed E-state index contributed by atoms with van der Waals surface area (Å²) in [5.41, 5.74) is 0. The number of hydrogen-bond donors (Lipinski definition) is 2. The number of hydrogen-bond acceptors (Lipinski definition) is 4. The van der Waals surface area contributed by atoms with Gasteiger partial charge >= 0.3 is 0 Å². The lowest BCUT2D eigenvalue weighted by Gasteiger charge is -2.32. The predicted octanol–water partition coefficient (Wildman–Crippen LogP) is 0.152. The standard InChI is InChI=1S/C7H14O5S/c1-12-6-2-4-7(8,5-3-6)13(9,10)11/h6,8H,2-5H2,1H3,(H,9,10,11). The van der Waals surface area contributed by atoms with E-state index in [9.17, 15) is 13.5 Å². The van der Waals surface area contributed by atoms with Gasteiger partial charge in [-0.25, -0.2) is 0 Å². The lowest BCUT2D eigenvalue weighted by molar-refractivity contribution is 0.000223. The van der Waals surface area contributed by atoms with Gasteiger partial charge in [0.1, 0.15) is 0 Å². The Kier molecular flexibility index (Phi) is 2.96. The van der Waals surface area contributed by atoms with Gasteiger partial charge in [-0.15, -0.1) is 0 Å². The molecule has 0 unspecified atom stereocenters. The lowest BCUT2D eigenvalue weighted by atomic mass is 9.94. The molecule has 1 saturated carbocycles. The van der Waals surface area contributed by atoms with Crippen molar-refractivity contribution in [3.8, 4) is 0 Å². The Morgan fingerprint density at radius 1 is 1.38 bits per heavy atom. The molecule has 6 heteroatoms. The van der Waals surface area contributed by atoms with Gasteiger partial charge in [0, 0.05) is 7.11 Å². The summed E-state index contributed by atoms with van der Waals surface area (Å²) in [5, 5.41) is 9.53. The SMILES string of the molecule is COC1CCC(O)(S(=O)(=O)O)CC1. The molecule has 0 bridgehead atoms. The van der Waals surface area contributed by atoms with E-state index >= 15 is 0 Å². The first-order valence-electron chi connectivity index (χ1n) is 4.11. The minimum atomic E-state index is -4.36. The number of ether oxygens (including phenoxy) is 1. The summed E-state index contributed by atoms with van der Waals surface area (Å²) < 4.78 is 35.3. The number of rotatable bonds is 2. The van der Waals surface area contributed by atoms with Crippen LogP contribution in [0.1, 0.15) is 25.7 Å². The fourth-order valence-corrected chi connectivity index (χ4v) is 2.29. The van der Waals surface area contributed by atoms with Crippen LogP contribution >= 0.6 is 0 Å². The molecular formula is C7H14O5S. The molecule has 1 aliphatic carbocycles. The smallest absolute Gasteiger partial charge is 0.294 e. The van der Waals surface area contributed by atoms with Crippen LogP contribution < -0.4 is 0 Å². The van der Waals surface area contributed by atoms with Crippen LogP contribution in [0, 0.1) is 0 Å². The predicted molar refractivity (Wildman–Crippen MR) is 45.8 cm³/mol. The summed E-state index contributed by atoms with van der Waals surface area (Å²) in [6.07, 6.45) is 0.955. The van der Waals surface area contributed by atoms with Crippen molar-refractivity contribution in [2.24, 2.45) is 0 Å². The fourth-order valence-electron chi connectivity index (χ4n) is 1.54. The Morgan fingerprint density at radius 3 is 2.15 bits per heavy atom. The van der Waals surface area contributed by atoms with Crippen molar-refractivity contribution in [3.05, 3.63) is 0 Å². The van der Waals surface area contributed by atoms with Gasteiger partial charge in [-0.1, -0.05) is 0 Å². The normalized spacial score (nSPS) is 36.1. The van der Waals surface area contributed by atoms with Gasteiger partial charge < -0.3 is 9.84 Å². The average molecular weight is 210 g/mol. The molecule has 0 radical (unpaired) electrons. The second-order valence-electron chi connectivity index (χ2n) is 3.36. The maximum Gasteiger partial charge on any atom is 0.294 e. The summed E-state index contributed by atoms with van der Waals surface area (Å²) in [6, 6.07) is 0. The van der Waals surface area contributed by atoms with E-state index in [1.165, 1.54) is 0 Å². The maximum absolute atomic E-state index is 10.8. The van der Waals surface area contributed by atoms with Crippen LogP contribution in [-0.2, 0) is 14.9 Å². The molecule has 5 nitrogen and oxygen atoms in total. The summed E-state index contributed by atoms with van der Waals surface area (Å²) in [7, 11) is -2.81. The van der Waals surface area contributed by atoms with E-state index in [0.717, 1.165) is 0 Å². The molecule has 0 heterocycles. The van der Waals surface area contributed by atoms with Gasteiger partial charge in [-0.2, -0.15) is 8.42 Å². The van der Waals surface area contributed by atoms with Crippen LogP contribution in [-0.4, -0.2) is 36.2 Å². The van der Waals surface area contributed by atoms with E-state index in [-0.39, 0.29) is 18.9 Å². The molecule has 1 fully saturated rings. The first-order valence-corrected chi connectivity index (χ1v) is 5.55. The zero-order valence-corrected chi connectivity index (χ0v) is 8.25. The molecule has 0 saturated heterocycles. The van der Waals surface area contributed by atoms with Crippen molar-refractivity contribution < 1.29 is 22.8 Å². The Bertz CT molecular complexity index is 263. The van der Waals surface area contributed by atoms with Crippen LogP contribution in [0.5, 0.6) is 0 Å². The third-order valence-corrected chi connectivity index (χ3v) is 3.90. The van der Waals surface area contributed by atoms with Crippen molar-refractivity contribution in [2.45, 2.75) is 36.7 Å². The summed E-state index contributed by atoms with van der Waals surface area (Å²) >= 11 is 0. The van der Waals surface area contributed by atoms with Crippen molar-refractivity contribution in [3.63, 3.8) is 0 Å². The second kappa shape index (κ2) is 3.53. The van der Waals surface area contributed by atoms with Crippen molar-refractivity contribution in [1.29, 1.82) is 0 Å². The number of aliphatic hydroxyl groups is 1. The van der Waals surface area contributed by atoms with E-state index in [4.69, 9.17) is 9.29 Å². The minimum Gasteiger partial charge on any atom is -0.381 e. The average Bonchev–Trinajstić information content (AvgIpc) is 2.04. The summed E-state index contributed by atoms with van der Waals surface area (Å²) in [4.78, 5) is -1.96. The summed E-state index contributed by atoms with van der Waals surface area (Å²) in [5.74, 6) is 0. The molecule has 2 N–H and O–H groups in total. The quantitative estimate of drug-likeness (QED) is 0.634. The van der Waals surface area contributed by atoms with Crippen LogP contribution in [0.25, 0.3) is 0 Å². The molecule has 1 aliphatic rings. The third kappa shape index (κ3) is 2.19. The van der Waals surface area contributed by atoms with E-state index in [1.54, 1.807) is 7.11 Å². The largest absolute Gasteiger partial charge is 0.381 e. The highest BCUT2D eigenvalue weighted by Gasteiger charge is 2.43. The highest BCUT2D eigenvalue weighted by molar-refractivity contribution is 7.87. The molecule has 13 heavy (non-hydrogen) atoms. The highest BCUT2D eigenvalue weighted by Crippen LogP contribution is 2.33. The van der Waals surface area contributed by atoms with Crippen LogP contribution in [0.2, 0.25) is 0 Å². The molecule has 0 aromatic carbocycles. The molecule has 0 spiro atoms. The van der Waals surface area contributed by atoms with Gasteiger partial charge in [-0.3, -0.25) is 4.55 Å². The molecule has 78 valence electrons. The van der Waals surface area contributed by atoms with Crippen molar-refractivity contribution in [2.75, 3.05) is 7.11 Å². The van der Waals surface area contributed by atoms with Crippen LogP contribution in [0.3, 0.4) is 0 Å². The Balaban J connectivity index is 2.68. The van der Waals surface area contributed by atoms with E-state index in [1.807, 2.05) is 0 Å². The fraction of sp³-hybridized carbons (Fsp3) is 1.00. The Labute approximate surface area is 77.5 Å². The maximum atomic E-state index is 10.8. The van der Waals surface area contributed by atoms with Gasteiger partial charge in [0.2, 0.25) is 0 Å². The molecule has 0 amide bonds. The van der Waals surface area contributed by atoms with Crippen LogP contribution in [0.15, 0.2) is 0 Å². The molecule has 0 aromatic rings. The van der Waals surface area contributed by atoms with Crippen molar-refractivity contribution >= 4 is 10.1 Å². The molecule has 0 aromatic heterocycles. The van der Waals surface area contributed by atoms with Gasteiger partial charge in [-0.05, 0) is 25.7 Å². The Morgan fingerprint density at radius 2 is 1.85 bits per heavy atom. The summed E-state index contributed by atoms with van der Waals surface area (Å²) in [6.45, 7) is 0. The number of methoxy groups -OCH3 is 1. The molecular weight excluding hydrogens is 196 g/mol. The highest BCUT2D eigenvalue weighted by atomic mass is 32.2. The van der Waals surface area contributed by atoms with Crippen molar-refractivity contribution in [1.82, 2.24) is 0 Å². The Hall–Kier alpha value is -0.170. The van der Waals surface area contributed by atoms with Crippen LogP contribution in [0.4, 0.5) is 0 Å². The van der Waals surface area contributed by atoms with E-state index in [2.05, 4.69) is 0 Å². The van der Waals surface area contributed by atoms with Gasteiger partial charge in [0.15, 0.2) is 4.93 Å². The molecule has 1 rings (SSSR count).